The monoisotopic (exact) mass is 329 g/mol. The fraction of sp³-hybridized carbons (Fsp3) is 0.579. The number of hydrogen-bond acceptors (Lipinski definition) is 3. The fourth-order valence-corrected chi connectivity index (χ4v) is 5.60. The van der Waals surface area contributed by atoms with E-state index in [9.17, 15) is 9.59 Å². The summed E-state index contributed by atoms with van der Waals surface area (Å²) in [5.41, 5.74) is 1.25. The van der Waals surface area contributed by atoms with Crippen molar-refractivity contribution in [1.82, 2.24) is 5.32 Å². The molecule has 1 aromatic rings. The van der Waals surface area contributed by atoms with Gasteiger partial charge >= 0.3 is 0 Å². The van der Waals surface area contributed by atoms with E-state index in [1.165, 1.54) is 10.5 Å². The minimum atomic E-state index is 0.0322. The predicted octanol–water partition coefficient (Wildman–Crippen LogP) is 3.74. The van der Waals surface area contributed by atoms with Crippen molar-refractivity contribution in [3.8, 4) is 0 Å². The molecule has 1 aliphatic heterocycles. The molecular formula is C19H23NO2S. The summed E-state index contributed by atoms with van der Waals surface area (Å²) >= 11 is 1.87. The Morgan fingerprint density at radius 3 is 2.61 bits per heavy atom. The highest BCUT2D eigenvalue weighted by molar-refractivity contribution is 7.99. The topological polar surface area (TPSA) is 46.2 Å². The lowest BCUT2D eigenvalue weighted by molar-refractivity contribution is -0.138. The summed E-state index contributed by atoms with van der Waals surface area (Å²) in [6.07, 6.45) is 5.66. The van der Waals surface area contributed by atoms with Gasteiger partial charge in [-0.25, -0.2) is 0 Å². The molecule has 2 aliphatic carbocycles. The molecule has 4 atom stereocenters. The first-order valence-electron chi connectivity index (χ1n) is 8.78. The first kappa shape index (κ1) is 15.3. The Hall–Kier alpha value is -1.29. The van der Waals surface area contributed by atoms with Crippen molar-refractivity contribution in [2.24, 2.45) is 17.8 Å². The molecule has 3 nitrogen and oxygen atoms in total. The fourth-order valence-electron chi connectivity index (χ4n) is 4.48. The van der Waals surface area contributed by atoms with Gasteiger partial charge < -0.3 is 5.32 Å². The summed E-state index contributed by atoms with van der Waals surface area (Å²) in [6.45, 7) is 0. The van der Waals surface area contributed by atoms with Crippen LogP contribution in [0, 0.1) is 17.8 Å². The average Bonchev–Trinajstić information content (AvgIpc) is 2.55. The Balaban J connectivity index is 1.46. The molecule has 0 saturated heterocycles. The standard InChI is InChI=1S/C19H23NO2S/c21-18-12-4-3-5-13(18)11-14(10-12)19(22)20-16-8-9-23-17-7-2-1-6-15(16)17/h1-2,6-7,12-14,16H,3-5,8-11H2,(H,20,22)/t12-,13+,14?,16-/m1/s1. The first-order valence-corrected chi connectivity index (χ1v) is 9.77. The smallest absolute Gasteiger partial charge is 0.223 e. The van der Waals surface area contributed by atoms with Crippen LogP contribution in [0.3, 0.4) is 0 Å². The summed E-state index contributed by atoms with van der Waals surface area (Å²) in [5, 5.41) is 3.29. The maximum atomic E-state index is 12.8. The van der Waals surface area contributed by atoms with E-state index >= 15 is 0 Å². The highest BCUT2D eigenvalue weighted by Gasteiger charge is 2.41. The molecule has 1 N–H and O–H groups in total. The van der Waals surface area contributed by atoms with Crippen LogP contribution < -0.4 is 5.32 Å². The second-order valence-electron chi connectivity index (χ2n) is 7.13. The minimum absolute atomic E-state index is 0.0322. The van der Waals surface area contributed by atoms with E-state index in [1.807, 2.05) is 17.8 Å². The van der Waals surface area contributed by atoms with Gasteiger partial charge in [-0.3, -0.25) is 9.59 Å². The molecule has 1 amide bonds. The molecule has 2 fully saturated rings. The van der Waals surface area contributed by atoms with Gasteiger partial charge in [0.05, 0.1) is 6.04 Å². The third kappa shape index (κ3) is 2.93. The Morgan fingerprint density at radius 1 is 1.09 bits per heavy atom. The van der Waals surface area contributed by atoms with Crippen LogP contribution in [-0.4, -0.2) is 17.4 Å². The third-order valence-electron chi connectivity index (χ3n) is 5.69. The van der Waals surface area contributed by atoms with Gasteiger partial charge in [0.15, 0.2) is 0 Å². The normalized spacial score (nSPS) is 33.0. The van der Waals surface area contributed by atoms with Crippen molar-refractivity contribution < 1.29 is 9.59 Å². The highest BCUT2D eigenvalue weighted by Crippen LogP contribution is 2.41. The first-order chi connectivity index (χ1) is 11.2. The molecule has 0 aromatic heterocycles. The molecule has 2 saturated carbocycles. The molecule has 0 spiro atoms. The van der Waals surface area contributed by atoms with Gasteiger partial charge in [-0.1, -0.05) is 24.6 Å². The van der Waals surface area contributed by atoms with Gasteiger partial charge in [0.2, 0.25) is 5.91 Å². The van der Waals surface area contributed by atoms with Crippen molar-refractivity contribution in [2.45, 2.75) is 49.5 Å². The third-order valence-corrected chi connectivity index (χ3v) is 6.82. The SMILES string of the molecule is O=C(N[C@@H]1CCSc2ccccc21)C1C[C@H]2CCC[C@@H](C1)C2=O. The number of Topliss-reactive ketones (excluding diaryl/α,β-unsaturated/α-hetero) is 1. The van der Waals surface area contributed by atoms with Crippen LogP contribution in [0.2, 0.25) is 0 Å². The lowest BCUT2D eigenvalue weighted by Gasteiger charge is -2.37. The number of thioether (sulfide) groups is 1. The Kier molecular flexibility index (Phi) is 4.18. The van der Waals surface area contributed by atoms with E-state index in [0.29, 0.717) is 5.78 Å². The number of ketones is 1. The zero-order valence-corrected chi connectivity index (χ0v) is 14.1. The number of benzene rings is 1. The van der Waals surface area contributed by atoms with E-state index in [1.54, 1.807) is 0 Å². The summed E-state index contributed by atoms with van der Waals surface area (Å²) in [5.74, 6) is 1.97. The van der Waals surface area contributed by atoms with Gasteiger partial charge in [-0.05, 0) is 43.7 Å². The lowest BCUT2D eigenvalue weighted by Crippen LogP contribution is -2.43. The van der Waals surface area contributed by atoms with Crippen molar-refractivity contribution in [1.29, 1.82) is 0 Å². The molecule has 2 bridgehead atoms. The number of amides is 1. The summed E-state index contributed by atoms with van der Waals surface area (Å²) in [6, 6.07) is 8.52. The summed E-state index contributed by atoms with van der Waals surface area (Å²) in [7, 11) is 0. The molecule has 122 valence electrons. The Bertz CT molecular complexity index is 614. The van der Waals surface area contributed by atoms with Crippen LogP contribution in [0.15, 0.2) is 29.2 Å². The number of rotatable bonds is 2. The molecule has 3 aliphatic rings. The molecule has 1 aromatic carbocycles. The zero-order valence-electron chi connectivity index (χ0n) is 13.3. The average molecular weight is 329 g/mol. The van der Waals surface area contributed by atoms with Crippen molar-refractivity contribution in [2.75, 3.05) is 5.75 Å². The van der Waals surface area contributed by atoms with Crippen molar-refractivity contribution >= 4 is 23.5 Å². The van der Waals surface area contributed by atoms with E-state index in [-0.39, 0.29) is 29.7 Å². The van der Waals surface area contributed by atoms with Gasteiger partial charge in [0.1, 0.15) is 5.78 Å². The van der Waals surface area contributed by atoms with E-state index in [0.717, 1.165) is 44.3 Å². The summed E-state index contributed by atoms with van der Waals surface area (Å²) < 4.78 is 0. The van der Waals surface area contributed by atoms with E-state index < -0.39 is 0 Å². The predicted molar refractivity (Wildman–Crippen MR) is 91.2 cm³/mol. The number of fused-ring (bicyclic) bond motifs is 3. The number of hydrogen-bond donors (Lipinski definition) is 1. The van der Waals surface area contributed by atoms with Crippen LogP contribution in [-0.2, 0) is 9.59 Å². The molecule has 4 heteroatoms. The van der Waals surface area contributed by atoms with Gasteiger partial charge in [0.25, 0.3) is 0 Å². The lowest BCUT2D eigenvalue weighted by atomic mass is 9.67. The molecule has 0 radical (unpaired) electrons. The van der Waals surface area contributed by atoms with Crippen LogP contribution in [0.4, 0.5) is 0 Å². The summed E-state index contributed by atoms with van der Waals surface area (Å²) in [4.78, 5) is 26.3. The van der Waals surface area contributed by atoms with Crippen LogP contribution in [0.25, 0.3) is 0 Å². The highest BCUT2D eigenvalue weighted by atomic mass is 32.2. The molecule has 4 rings (SSSR count). The van der Waals surface area contributed by atoms with Crippen LogP contribution in [0.5, 0.6) is 0 Å². The van der Waals surface area contributed by atoms with Crippen molar-refractivity contribution in [3.05, 3.63) is 29.8 Å². The molecule has 1 unspecified atom stereocenters. The second-order valence-corrected chi connectivity index (χ2v) is 8.27. The number of carbonyl (C=O) groups is 2. The van der Waals surface area contributed by atoms with E-state index in [2.05, 4.69) is 23.5 Å². The van der Waals surface area contributed by atoms with Crippen LogP contribution >= 0.6 is 11.8 Å². The Labute approximate surface area is 141 Å². The second kappa shape index (κ2) is 6.31. The van der Waals surface area contributed by atoms with Gasteiger partial charge in [0, 0.05) is 28.4 Å². The number of carbonyl (C=O) groups excluding carboxylic acids is 2. The quantitative estimate of drug-likeness (QED) is 0.899. The Morgan fingerprint density at radius 2 is 1.83 bits per heavy atom. The minimum Gasteiger partial charge on any atom is -0.349 e. The van der Waals surface area contributed by atoms with Gasteiger partial charge in [-0.15, -0.1) is 11.8 Å². The largest absolute Gasteiger partial charge is 0.349 e. The molecule has 23 heavy (non-hydrogen) atoms. The molecule has 1 heterocycles. The maximum Gasteiger partial charge on any atom is 0.223 e. The number of nitrogens with one attached hydrogen (secondary N) is 1. The van der Waals surface area contributed by atoms with E-state index in [4.69, 9.17) is 0 Å². The van der Waals surface area contributed by atoms with Crippen LogP contribution in [0.1, 0.15) is 50.1 Å². The van der Waals surface area contributed by atoms with Gasteiger partial charge in [-0.2, -0.15) is 0 Å². The molecular weight excluding hydrogens is 306 g/mol. The zero-order chi connectivity index (χ0) is 15.8. The maximum absolute atomic E-state index is 12.8. The van der Waals surface area contributed by atoms with Crippen molar-refractivity contribution in [3.63, 3.8) is 0 Å².